The Morgan fingerprint density at radius 3 is 1.68 bits per heavy atom. The van der Waals surface area contributed by atoms with Crippen molar-refractivity contribution in [3.8, 4) is 28.1 Å². The van der Waals surface area contributed by atoms with Crippen LogP contribution in [-0.4, -0.2) is 70.8 Å². The quantitative estimate of drug-likeness (QED) is 0.0144. The molecule has 4 N–H and O–H groups in total. The molecule has 0 fully saturated rings. The number of thiazole rings is 2. The molecule has 0 aliphatic heterocycles. The number of halogens is 6. The Morgan fingerprint density at radius 2 is 1.27 bits per heavy atom. The van der Waals surface area contributed by atoms with Gasteiger partial charge in [-0.2, -0.15) is 26.3 Å². The third-order valence-corrected chi connectivity index (χ3v) is 8.74. The number of rotatable bonds is 13. The summed E-state index contributed by atoms with van der Waals surface area (Å²) in [4.78, 5) is 55.9. The molecular weight excluding hydrogens is 1060 g/mol. The van der Waals surface area contributed by atoms with Crippen molar-refractivity contribution in [3.63, 3.8) is 0 Å². The van der Waals surface area contributed by atoms with Crippen LogP contribution >= 0.6 is 22.7 Å². The number of nitrogens with one attached hydrogen (secondary N) is 2. The monoisotopic (exact) mass is 1110 g/mol. The molecule has 0 bridgehead atoms. The number of nitrogen functional groups attached to an aromatic ring is 1. The Balaban J connectivity index is -0.000000432. The molecule has 0 unspecified atom stereocenters. The summed E-state index contributed by atoms with van der Waals surface area (Å²) in [6, 6.07) is 26.6. The van der Waals surface area contributed by atoms with Gasteiger partial charge in [0, 0.05) is 10.8 Å². The van der Waals surface area contributed by atoms with E-state index in [9.17, 15) is 50.6 Å². The molecule has 0 saturated carbocycles. The Bertz CT molecular complexity index is 2570. The number of carbonyl (C=O) groups is 3. The van der Waals surface area contributed by atoms with E-state index in [-0.39, 0.29) is 137 Å². The molecule has 18 nitrogen and oxygen atoms in total. The van der Waals surface area contributed by atoms with Crippen LogP contribution in [0, 0.1) is 5.41 Å². The second-order valence-corrected chi connectivity index (χ2v) is 14.0. The van der Waals surface area contributed by atoms with Gasteiger partial charge in [0.05, 0.1) is 26.0 Å². The molecule has 3 aromatic heterocycles. The molecule has 3 aromatic carbocycles. The summed E-state index contributed by atoms with van der Waals surface area (Å²) in [6.07, 6.45) is -8.12. The number of nitrogens with zero attached hydrogens (tertiary/aromatic N) is 3. The SMILES string of the molecule is CCOC(=O)/C(=C\[O-])Oc1ccccc1.CCOC(=O)OCc1ccccc1.CCOC=O.CC[O-].N=C(N)c1nc(C(F)(F)F)cs1.O=c1[nH]c(-c2nc(C(F)(F)F)cs2)ncc1Oc1ccccc1.[H-].[Na+].[Na+].[Na+]. The molecule has 0 amide bonds. The summed E-state index contributed by atoms with van der Waals surface area (Å²) in [5.41, 5.74) is 3.25. The second kappa shape index (κ2) is 41.4. The number of hydrogen-bond acceptors (Lipinski definition) is 18. The maximum absolute atomic E-state index is 12.5. The summed E-state index contributed by atoms with van der Waals surface area (Å²) in [6.45, 7) is 8.44. The fourth-order valence-electron chi connectivity index (χ4n) is 4.10. The molecular formula is C45H47F6N6Na3O12S2. The van der Waals surface area contributed by atoms with E-state index in [2.05, 4.69) is 34.1 Å². The van der Waals surface area contributed by atoms with Gasteiger partial charge < -0.3 is 50.8 Å². The molecule has 6 rings (SSSR count). The molecule has 0 radical (unpaired) electrons. The normalized spacial score (nSPS) is 9.96. The van der Waals surface area contributed by atoms with Crippen molar-refractivity contribution in [1.29, 1.82) is 5.41 Å². The van der Waals surface area contributed by atoms with E-state index in [0.29, 0.717) is 48.8 Å². The van der Waals surface area contributed by atoms with Crippen molar-refractivity contribution in [3.05, 3.63) is 152 Å². The van der Waals surface area contributed by atoms with Gasteiger partial charge in [-0.05, 0) is 50.6 Å². The number of hydrogen-bond donors (Lipinski definition) is 3. The van der Waals surface area contributed by atoms with Gasteiger partial charge in [0.1, 0.15) is 18.1 Å². The summed E-state index contributed by atoms with van der Waals surface area (Å²) in [5.74, 6) is -0.785. The second-order valence-electron chi connectivity index (χ2n) is 12.2. The van der Waals surface area contributed by atoms with Gasteiger partial charge in [-0.1, -0.05) is 79.9 Å². The Morgan fingerprint density at radius 1 is 0.770 bits per heavy atom. The summed E-state index contributed by atoms with van der Waals surface area (Å²) >= 11 is 1.45. The van der Waals surface area contributed by atoms with Gasteiger partial charge >= 0.3 is 113 Å². The fourth-order valence-corrected chi connectivity index (χ4v) is 5.56. The summed E-state index contributed by atoms with van der Waals surface area (Å²) in [5, 5.41) is 27.9. The van der Waals surface area contributed by atoms with Crippen LogP contribution in [0.25, 0.3) is 10.8 Å². The first kappa shape index (κ1) is 73.4. The van der Waals surface area contributed by atoms with Crippen molar-refractivity contribution in [2.75, 3.05) is 26.4 Å². The number of carbonyl (C=O) groups excluding carboxylic acids is 3. The average Bonchev–Trinajstić information content (AvgIpc) is 4.07. The number of alkyl halides is 6. The molecule has 74 heavy (non-hydrogen) atoms. The van der Waals surface area contributed by atoms with Gasteiger partial charge in [-0.3, -0.25) is 15.0 Å². The van der Waals surface area contributed by atoms with E-state index in [0.717, 1.165) is 33.9 Å². The first-order valence-electron chi connectivity index (χ1n) is 20.2. The van der Waals surface area contributed by atoms with Crippen LogP contribution in [0.3, 0.4) is 0 Å². The minimum Gasteiger partial charge on any atom is -1.00 e. The van der Waals surface area contributed by atoms with Crippen LogP contribution in [0.15, 0.2) is 125 Å². The van der Waals surface area contributed by atoms with Gasteiger partial charge in [0.2, 0.25) is 5.75 Å². The smallest absolute Gasteiger partial charge is 1.00 e. The molecule has 0 spiro atoms. The van der Waals surface area contributed by atoms with Gasteiger partial charge in [0.15, 0.2) is 38.8 Å². The Hall–Kier alpha value is -4.84. The average molecular weight is 1110 g/mol. The number of aromatic amines is 1. The zero-order chi connectivity index (χ0) is 53.2. The minimum atomic E-state index is -4.54. The first-order chi connectivity index (χ1) is 33.8. The van der Waals surface area contributed by atoms with E-state index in [1.54, 1.807) is 88.4 Å². The zero-order valence-electron chi connectivity index (χ0n) is 42.0. The molecule has 0 atom stereocenters. The molecule has 386 valence electrons. The number of amidine groups is 1. The van der Waals surface area contributed by atoms with Crippen LogP contribution in [0.2, 0.25) is 0 Å². The van der Waals surface area contributed by atoms with Crippen LogP contribution in [0.5, 0.6) is 17.2 Å². The number of esters is 1. The molecule has 0 aliphatic carbocycles. The minimum absolute atomic E-state index is 0. The van der Waals surface area contributed by atoms with Crippen molar-refractivity contribution in [2.24, 2.45) is 5.73 Å². The third-order valence-electron chi connectivity index (χ3n) is 7.01. The van der Waals surface area contributed by atoms with Crippen molar-refractivity contribution >= 4 is 47.1 Å². The molecule has 0 aliphatic rings. The largest absolute Gasteiger partial charge is 1.00 e. The van der Waals surface area contributed by atoms with E-state index >= 15 is 0 Å². The maximum Gasteiger partial charge on any atom is 1.00 e. The number of ether oxygens (including phenoxy) is 6. The van der Waals surface area contributed by atoms with Crippen molar-refractivity contribution < 1.29 is 169 Å². The van der Waals surface area contributed by atoms with E-state index < -0.39 is 47.3 Å². The Labute approximate surface area is 496 Å². The van der Waals surface area contributed by atoms with Crippen molar-refractivity contribution in [2.45, 2.75) is 46.7 Å². The van der Waals surface area contributed by atoms with Crippen LogP contribution in [-0.2, 0) is 47.5 Å². The molecule has 0 saturated heterocycles. The van der Waals surface area contributed by atoms with Gasteiger partial charge in [-0.15, -0.1) is 29.3 Å². The number of aromatic nitrogens is 4. The van der Waals surface area contributed by atoms with E-state index in [4.69, 9.17) is 30.5 Å². The predicted octanol–water partition coefficient (Wildman–Crippen LogP) is -0.989. The zero-order valence-corrected chi connectivity index (χ0v) is 48.6. The number of para-hydroxylation sites is 2. The number of benzene rings is 3. The van der Waals surface area contributed by atoms with Crippen LogP contribution < -0.4 is 120 Å². The van der Waals surface area contributed by atoms with Gasteiger partial charge in [-0.25, -0.2) is 24.5 Å². The number of H-pyrrole nitrogens is 1. The third kappa shape index (κ3) is 31.1. The van der Waals surface area contributed by atoms with E-state index in [1.165, 1.54) is 0 Å². The molecule has 3 heterocycles. The fraction of sp³-hybridized carbons (Fsp3) is 0.244. The molecule has 29 heteroatoms. The summed E-state index contributed by atoms with van der Waals surface area (Å²) in [7, 11) is 0. The first-order valence-corrected chi connectivity index (χ1v) is 21.9. The summed E-state index contributed by atoms with van der Waals surface area (Å²) < 4.78 is 102. The number of nitrogens with two attached hydrogens (primary N) is 1. The van der Waals surface area contributed by atoms with Gasteiger partial charge in [0.25, 0.3) is 12.0 Å². The van der Waals surface area contributed by atoms with Crippen LogP contribution in [0.1, 0.15) is 51.1 Å². The standard InChI is InChI=1S/C14H8F3N3O2S.C11H12O4.C10H12O3.C5H4F3N3S.C3H6O2.C2H5O.3Na.H/c15-14(16,17)10-7-23-13(19-10)11-18-6-9(12(21)20-11)22-8-4-2-1-3-5-8;1-2-14-11(13)10(8-12)15-9-6-4-3-5-7-9;1-2-12-10(11)13-8-9-6-4-3-5-7-9;6-5(7,8)2-1-12-4(11-2)3(9)10;1-2-5-3-4;1-2-3;;;;/h1-7H,(H,18,20,21);3-8,12H,2H2,1H3;3-7H,2,8H2,1H3;1H,(H3,9,10);3H,2H2,1H3;2H2,1H3;;;;/q;;;;;-1;3*+1;-1/p-1/b;10-8+;;;;;;;;. The molecule has 6 aromatic rings. The van der Waals surface area contributed by atoms with Crippen molar-refractivity contribution in [1.82, 2.24) is 19.9 Å². The predicted molar refractivity (Wildman–Crippen MR) is 245 cm³/mol. The Kier molecular flexibility index (Phi) is 41.1. The topological polar surface area (TPSA) is 274 Å². The maximum atomic E-state index is 12.5. The van der Waals surface area contributed by atoms with E-state index in [1.807, 2.05) is 30.3 Å². The van der Waals surface area contributed by atoms with Crippen LogP contribution in [0.4, 0.5) is 31.1 Å².